The Morgan fingerprint density at radius 3 is 2.29 bits per heavy atom. The fourth-order valence-corrected chi connectivity index (χ4v) is 2.53. The Morgan fingerprint density at radius 2 is 1.64 bits per heavy atom. The van der Waals surface area contributed by atoms with Gasteiger partial charge in [0.2, 0.25) is 11.9 Å². The topological polar surface area (TPSA) is 134 Å². The van der Waals surface area contributed by atoms with E-state index in [2.05, 4.69) is 45.9 Å². The number of aliphatic hydroxyl groups is 1. The summed E-state index contributed by atoms with van der Waals surface area (Å²) in [6.07, 6.45) is 4.06. The van der Waals surface area contributed by atoms with Gasteiger partial charge in [0.25, 0.3) is 0 Å². The summed E-state index contributed by atoms with van der Waals surface area (Å²) in [6.45, 7) is 6.18. The molecule has 0 aliphatic carbocycles. The zero-order valence-electron chi connectivity index (χ0n) is 16.5. The van der Waals surface area contributed by atoms with Crippen LogP contribution in [-0.4, -0.2) is 54.2 Å². The minimum absolute atomic E-state index is 0.327. The molecule has 28 heavy (non-hydrogen) atoms. The Labute approximate surface area is 163 Å². The largest absolute Gasteiger partial charge is 0.389 e. The second-order valence-corrected chi connectivity index (χ2v) is 6.88. The first-order valence-electron chi connectivity index (χ1n) is 9.12. The zero-order valence-corrected chi connectivity index (χ0v) is 16.5. The summed E-state index contributed by atoms with van der Waals surface area (Å²) in [7, 11) is 1.78. The summed E-state index contributed by atoms with van der Waals surface area (Å²) in [5.41, 5.74) is 1.21. The van der Waals surface area contributed by atoms with Crippen LogP contribution in [0.3, 0.4) is 0 Å². The predicted molar refractivity (Wildman–Crippen MR) is 108 cm³/mol. The van der Waals surface area contributed by atoms with Crippen LogP contribution in [0.2, 0.25) is 0 Å². The SMILES string of the molecule is CCc1nc(NCC(C)(C)O)nc2c(NC)nc(NCc3ncccn3)nc12. The number of nitrogens with one attached hydrogen (secondary N) is 3. The number of hydrogen-bond acceptors (Lipinski definition) is 10. The molecule has 0 fully saturated rings. The van der Waals surface area contributed by atoms with Gasteiger partial charge in [-0.15, -0.1) is 0 Å². The van der Waals surface area contributed by atoms with E-state index in [1.54, 1.807) is 39.4 Å². The van der Waals surface area contributed by atoms with E-state index in [1.165, 1.54) is 0 Å². The minimum atomic E-state index is -0.875. The van der Waals surface area contributed by atoms with Gasteiger partial charge in [-0.2, -0.15) is 4.98 Å². The Hall–Kier alpha value is -3.14. The van der Waals surface area contributed by atoms with E-state index in [9.17, 15) is 5.11 Å². The summed E-state index contributed by atoms with van der Waals surface area (Å²) >= 11 is 0. The molecule has 0 radical (unpaired) electrons. The summed E-state index contributed by atoms with van der Waals surface area (Å²) in [4.78, 5) is 26.6. The van der Waals surface area contributed by atoms with Crippen molar-refractivity contribution in [2.24, 2.45) is 0 Å². The molecule has 4 N–H and O–H groups in total. The van der Waals surface area contributed by atoms with Crippen molar-refractivity contribution in [2.75, 3.05) is 29.5 Å². The highest BCUT2D eigenvalue weighted by Gasteiger charge is 2.17. The molecule has 0 aromatic carbocycles. The van der Waals surface area contributed by atoms with E-state index in [1.807, 2.05) is 6.92 Å². The number of fused-ring (bicyclic) bond motifs is 1. The molecule has 10 heteroatoms. The molecule has 0 atom stereocenters. The lowest BCUT2D eigenvalue weighted by molar-refractivity contribution is 0.0943. The highest BCUT2D eigenvalue weighted by Crippen LogP contribution is 2.24. The number of anilines is 3. The van der Waals surface area contributed by atoms with Crippen LogP contribution in [0.15, 0.2) is 18.5 Å². The average molecular weight is 383 g/mol. The molecule has 3 heterocycles. The fraction of sp³-hybridized carbons (Fsp3) is 0.444. The van der Waals surface area contributed by atoms with Gasteiger partial charge >= 0.3 is 0 Å². The third-order valence-electron chi connectivity index (χ3n) is 3.89. The van der Waals surface area contributed by atoms with Crippen molar-refractivity contribution in [2.45, 2.75) is 39.3 Å². The number of rotatable bonds is 8. The molecule has 0 spiro atoms. The lowest BCUT2D eigenvalue weighted by Gasteiger charge is -2.18. The number of nitrogens with zero attached hydrogens (tertiary/aromatic N) is 6. The molecule has 3 aromatic rings. The smallest absolute Gasteiger partial charge is 0.225 e. The van der Waals surface area contributed by atoms with Crippen molar-refractivity contribution in [1.29, 1.82) is 0 Å². The highest BCUT2D eigenvalue weighted by molar-refractivity contribution is 5.88. The zero-order chi connectivity index (χ0) is 20.1. The van der Waals surface area contributed by atoms with Crippen molar-refractivity contribution < 1.29 is 5.11 Å². The summed E-state index contributed by atoms with van der Waals surface area (Å²) in [6, 6.07) is 1.77. The molecular formula is C18H25N9O. The molecule has 3 rings (SSSR count). The standard InChI is InChI=1S/C18H25N9O/c1-5-11-13-14(26-17(24-11)23-10-18(2,3)28)15(19-4)27-16(25-13)22-9-12-20-7-6-8-21-12/h6-8,28H,5,9-10H2,1-4H3,(H,23,24,26)(H2,19,22,25,27). The van der Waals surface area contributed by atoms with Gasteiger partial charge in [0, 0.05) is 26.0 Å². The van der Waals surface area contributed by atoms with Gasteiger partial charge in [0.05, 0.1) is 17.8 Å². The maximum absolute atomic E-state index is 9.94. The Balaban J connectivity index is 1.94. The van der Waals surface area contributed by atoms with E-state index >= 15 is 0 Å². The van der Waals surface area contributed by atoms with Gasteiger partial charge in [-0.3, -0.25) is 0 Å². The Bertz CT molecular complexity index is 941. The second-order valence-electron chi connectivity index (χ2n) is 6.88. The van der Waals surface area contributed by atoms with Gasteiger partial charge in [0.15, 0.2) is 5.82 Å². The molecular weight excluding hydrogens is 358 g/mol. The Kier molecular flexibility index (Phi) is 5.78. The van der Waals surface area contributed by atoms with E-state index in [0.29, 0.717) is 54.1 Å². The number of aromatic nitrogens is 6. The molecule has 0 aliphatic heterocycles. The van der Waals surface area contributed by atoms with Crippen LogP contribution in [0.1, 0.15) is 32.3 Å². The Morgan fingerprint density at radius 1 is 0.964 bits per heavy atom. The number of hydrogen-bond donors (Lipinski definition) is 4. The maximum atomic E-state index is 9.94. The molecule has 10 nitrogen and oxygen atoms in total. The van der Waals surface area contributed by atoms with Crippen LogP contribution in [0.5, 0.6) is 0 Å². The molecule has 148 valence electrons. The molecule has 0 aliphatic rings. The summed E-state index contributed by atoms with van der Waals surface area (Å²) < 4.78 is 0. The van der Waals surface area contributed by atoms with Gasteiger partial charge in [0.1, 0.15) is 16.9 Å². The highest BCUT2D eigenvalue weighted by atomic mass is 16.3. The van der Waals surface area contributed by atoms with E-state index in [4.69, 9.17) is 0 Å². The second kappa shape index (κ2) is 8.26. The monoisotopic (exact) mass is 383 g/mol. The quantitative estimate of drug-likeness (QED) is 0.454. The predicted octanol–water partition coefficient (Wildman–Crippen LogP) is 1.61. The van der Waals surface area contributed by atoms with Crippen LogP contribution in [0, 0.1) is 0 Å². The normalized spacial score (nSPS) is 11.5. The van der Waals surface area contributed by atoms with Crippen molar-refractivity contribution in [1.82, 2.24) is 29.9 Å². The first kappa shape index (κ1) is 19.6. The van der Waals surface area contributed by atoms with Gasteiger partial charge < -0.3 is 21.1 Å². The van der Waals surface area contributed by atoms with Crippen molar-refractivity contribution in [3.05, 3.63) is 30.0 Å². The molecule has 0 saturated heterocycles. The van der Waals surface area contributed by atoms with Crippen molar-refractivity contribution >= 4 is 28.7 Å². The molecule has 0 unspecified atom stereocenters. The molecule has 0 saturated carbocycles. The van der Waals surface area contributed by atoms with E-state index < -0.39 is 5.60 Å². The minimum Gasteiger partial charge on any atom is -0.389 e. The van der Waals surface area contributed by atoms with E-state index in [0.717, 1.165) is 5.69 Å². The third kappa shape index (κ3) is 4.77. The van der Waals surface area contributed by atoms with Crippen molar-refractivity contribution in [3.8, 4) is 0 Å². The number of aryl methyl sites for hydroxylation is 1. The lowest BCUT2D eigenvalue weighted by atomic mass is 10.1. The van der Waals surface area contributed by atoms with Crippen LogP contribution < -0.4 is 16.0 Å². The lowest BCUT2D eigenvalue weighted by Crippen LogP contribution is -2.30. The van der Waals surface area contributed by atoms with Gasteiger partial charge in [-0.25, -0.2) is 24.9 Å². The van der Waals surface area contributed by atoms with Crippen LogP contribution in [0.4, 0.5) is 17.7 Å². The molecule has 0 amide bonds. The first-order chi connectivity index (χ1) is 13.4. The van der Waals surface area contributed by atoms with Gasteiger partial charge in [-0.05, 0) is 26.3 Å². The third-order valence-corrected chi connectivity index (χ3v) is 3.89. The average Bonchev–Trinajstić information content (AvgIpc) is 2.69. The fourth-order valence-electron chi connectivity index (χ4n) is 2.53. The molecule has 0 bridgehead atoms. The van der Waals surface area contributed by atoms with Crippen molar-refractivity contribution in [3.63, 3.8) is 0 Å². The van der Waals surface area contributed by atoms with Crippen LogP contribution >= 0.6 is 0 Å². The maximum Gasteiger partial charge on any atom is 0.225 e. The van der Waals surface area contributed by atoms with Crippen LogP contribution in [0.25, 0.3) is 11.0 Å². The van der Waals surface area contributed by atoms with Gasteiger partial charge in [-0.1, -0.05) is 6.92 Å². The van der Waals surface area contributed by atoms with Crippen LogP contribution in [-0.2, 0) is 13.0 Å². The summed E-state index contributed by atoms with van der Waals surface area (Å²) in [5.74, 6) is 2.12. The first-order valence-corrected chi connectivity index (χ1v) is 9.12. The summed E-state index contributed by atoms with van der Waals surface area (Å²) in [5, 5.41) is 19.2. The van der Waals surface area contributed by atoms with E-state index in [-0.39, 0.29) is 0 Å². The molecule has 3 aromatic heterocycles.